The fourth-order valence-corrected chi connectivity index (χ4v) is 4.08. The van der Waals surface area contributed by atoms with Crippen molar-refractivity contribution in [2.75, 3.05) is 17.3 Å². The molecule has 2 heterocycles. The van der Waals surface area contributed by atoms with Crippen molar-refractivity contribution in [3.8, 4) is 11.1 Å². The molecule has 1 N–H and O–H groups in total. The zero-order valence-corrected chi connectivity index (χ0v) is 17.8. The van der Waals surface area contributed by atoms with Crippen LogP contribution in [0.2, 0.25) is 5.02 Å². The minimum absolute atomic E-state index is 0.126. The Hall–Kier alpha value is -3.29. The fraction of sp³-hybridized carbons (Fsp3) is 0.0909. The Labute approximate surface area is 182 Å². The van der Waals surface area contributed by atoms with E-state index in [-0.39, 0.29) is 11.8 Å². The van der Waals surface area contributed by atoms with Crippen LogP contribution >= 0.6 is 22.9 Å². The van der Waals surface area contributed by atoms with Gasteiger partial charge in [0.15, 0.2) is 5.01 Å². The van der Waals surface area contributed by atoms with Gasteiger partial charge in [-0.3, -0.25) is 14.6 Å². The Kier molecular flexibility index (Phi) is 5.48. The van der Waals surface area contributed by atoms with E-state index in [1.807, 2.05) is 24.3 Å². The van der Waals surface area contributed by atoms with Crippen LogP contribution in [-0.2, 0) is 4.79 Å². The van der Waals surface area contributed by atoms with Crippen molar-refractivity contribution in [3.05, 3.63) is 71.0 Å². The number of fused-ring (bicyclic) bond motifs is 1. The SMILES string of the molecule is CC(=O)Nc1ccc(-c2cncc3sc(C(=O)N(C)c4ccc(Cl)cc4)nc23)cc1. The number of halogens is 1. The summed E-state index contributed by atoms with van der Waals surface area (Å²) in [5, 5.41) is 3.74. The summed E-state index contributed by atoms with van der Waals surface area (Å²) in [7, 11) is 1.71. The lowest BCUT2D eigenvalue weighted by molar-refractivity contribution is -0.114. The number of nitrogens with zero attached hydrogens (tertiary/aromatic N) is 3. The maximum atomic E-state index is 13.0. The summed E-state index contributed by atoms with van der Waals surface area (Å²) in [6.07, 6.45) is 3.44. The highest BCUT2D eigenvalue weighted by molar-refractivity contribution is 7.20. The molecule has 2 aromatic heterocycles. The Bertz CT molecular complexity index is 1240. The monoisotopic (exact) mass is 436 g/mol. The molecule has 0 radical (unpaired) electrons. The highest BCUT2D eigenvalue weighted by Crippen LogP contribution is 2.32. The first-order valence-corrected chi connectivity index (χ1v) is 10.3. The van der Waals surface area contributed by atoms with Gasteiger partial charge < -0.3 is 10.2 Å². The first kappa shape index (κ1) is 20.0. The molecule has 0 saturated carbocycles. The lowest BCUT2D eigenvalue weighted by Crippen LogP contribution is -2.25. The Morgan fingerprint density at radius 1 is 1.03 bits per heavy atom. The second-order valence-corrected chi connectivity index (χ2v) is 8.12. The van der Waals surface area contributed by atoms with E-state index in [0.717, 1.165) is 27.0 Å². The summed E-state index contributed by atoms with van der Waals surface area (Å²) in [5.74, 6) is -0.329. The Balaban J connectivity index is 1.67. The zero-order chi connectivity index (χ0) is 21.3. The molecule has 30 heavy (non-hydrogen) atoms. The van der Waals surface area contributed by atoms with Crippen molar-refractivity contribution >= 4 is 56.3 Å². The number of rotatable bonds is 4. The van der Waals surface area contributed by atoms with E-state index in [0.29, 0.717) is 15.7 Å². The molecule has 0 spiro atoms. The van der Waals surface area contributed by atoms with E-state index >= 15 is 0 Å². The smallest absolute Gasteiger partial charge is 0.287 e. The Morgan fingerprint density at radius 3 is 2.40 bits per heavy atom. The molecule has 6 nitrogen and oxygen atoms in total. The first-order chi connectivity index (χ1) is 14.4. The van der Waals surface area contributed by atoms with Crippen molar-refractivity contribution in [2.24, 2.45) is 0 Å². The van der Waals surface area contributed by atoms with E-state index in [2.05, 4.69) is 15.3 Å². The molecule has 0 atom stereocenters. The third-order valence-electron chi connectivity index (χ3n) is 4.52. The summed E-state index contributed by atoms with van der Waals surface area (Å²) in [6, 6.07) is 14.5. The third kappa shape index (κ3) is 4.03. The number of aromatic nitrogens is 2. The maximum Gasteiger partial charge on any atom is 0.287 e. The lowest BCUT2D eigenvalue weighted by Gasteiger charge is -2.15. The number of benzene rings is 2. The van der Waals surface area contributed by atoms with E-state index in [1.54, 1.807) is 48.6 Å². The minimum Gasteiger partial charge on any atom is -0.326 e. The normalized spacial score (nSPS) is 10.8. The van der Waals surface area contributed by atoms with Gasteiger partial charge in [-0.25, -0.2) is 4.98 Å². The van der Waals surface area contributed by atoms with Crippen molar-refractivity contribution in [1.82, 2.24) is 9.97 Å². The van der Waals surface area contributed by atoms with Gasteiger partial charge in [-0.1, -0.05) is 23.7 Å². The number of hydrogen-bond donors (Lipinski definition) is 1. The predicted molar refractivity (Wildman–Crippen MR) is 121 cm³/mol. The van der Waals surface area contributed by atoms with Gasteiger partial charge in [0.1, 0.15) is 0 Å². The summed E-state index contributed by atoms with van der Waals surface area (Å²) >= 11 is 7.24. The van der Waals surface area contributed by atoms with E-state index in [1.165, 1.54) is 18.3 Å². The topological polar surface area (TPSA) is 75.2 Å². The van der Waals surface area contributed by atoms with Crippen LogP contribution in [0.3, 0.4) is 0 Å². The summed E-state index contributed by atoms with van der Waals surface area (Å²) in [5.41, 5.74) is 3.89. The van der Waals surface area contributed by atoms with Gasteiger partial charge in [0.2, 0.25) is 5.91 Å². The van der Waals surface area contributed by atoms with Crippen LogP contribution in [0.1, 0.15) is 16.7 Å². The van der Waals surface area contributed by atoms with E-state index < -0.39 is 0 Å². The second kappa shape index (κ2) is 8.22. The number of hydrogen-bond acceptors (Lipinski definition) is 5. The molecule has 2 amide bonds. The molecule has 0 unspecified atom stereocenters. The molecular weight excluding hydrogens is 420 g/mol. The van der Waals surface area contributed by atoms with Crippen LogP contribution in [0.15, 0.2) is 60.9 Å². The molecule has 150 valence electrons. The Morgan fingerprint density at radius 2 is 1.73 bits per heavy atom. The van der Waals surface area contributed by atoms with Gasteiger partial charge in [0.25, 0.3) is 5.91 Å². The number of nitrogens with one attached hydrogen (secondary N) is 1. The molecule has 0 aliphatic rings. The van der Waals surface area contributed by atoms with E-state index in [4.69, 9.17) is 11.6 Å². The van der Waals surface area contributed by atoms with Gasteiger partial charge in [0, 0.05) is 48.3 Å². The third-order valence-corrected chi connectivity index (χ3v) is 5.75. The summed E-state index contributed by atoms with van der Waals surface area (Å²) in [6.45, 7) is 1.47. The number of pyridine rings is 1. The van der Waals surface area contributed by atoms with Gasteiger partial charge in [-0.05, 0) is 42.0 Å². The van der Waals surface area contributed by atoms with Crippen molar-refractivity contribution < 1.29 is 9.59 Å². The van der Waals surface area contributed by atoms with Crippen LogP contribution in [0.25, 0.3) is 21.3 Å². The van der Waals surface area contributed by atoms with E-state index in [9.17, 15) is 9.59 Å². The first-order valence-electron chi connectivity index (χ1n) is 9.08. The molecule has 8 heteroatoms. The molecule has 2 aromatic carbocycles. The highest BCUT2D eigenvalue weighted by atomic mass is 35.5. The van der Waals surface area contributed by atoms with Crippen LogP contribution in [0.5, 0.6) is 0 Å². The average Bonchev–Trinajstić information content (AvgIpc) is 3.18. The molecule has 4 rings (SSSR count). The molecule has 0 aliphatic carbocycles. The van der Waals surface area contributed by atoms with Gasteiger partial charge in [-0.15, -0.1) is 11.3 Å². The number of carbonyl (C=O) groups excluding carboxylic acids is 2. The lowest BCUT2D eigenvalue weighted by atomic mass is 10.1. The standard InChI is InChI=1S/C22H17ClN4O2S/c1-13(28)25-16-7-3-14(4-8-16)18-11-24-12-19-20(18)26-21(30-19)22(29)27(2)17-9-5-15(23)6-10-17/h3-12H,1-2H3,(H,25,28). The van der Waals surface area contributed by atoms with Gasteiger partial charge in [-0.2, -0.15) is 0 Å². The van der Waals surface area contributed by atoms with Crippen LogP contribution in [0, 0.1) is 0 Å². The van der Waals surface area contributed by atoms with Crippen molar-refractivity contribution in [3.63, 3.8) is 0 Å². The summed E-state index contributed by atoms with van der Waals surface area (Å²) in [4.78, 5) is 34.7. The molecule has 0 aliphatic heterocycles. The molecule has 0 saturated heterocycles. The number of anilines is 2. The van der Waals surface area contributed by atoms with Crippen molar-refractivity contribution in [1.29, 1.82) is 0 Å². The predicted octanol–water partition coefficient (Wildman–Crippen LogP) is 5.25. The van der Waals surface area contributed by atoms with Gasteiger partial charge >= 0.3 is 0 Å². The van der Waals surface area contributed by atoms with Gasteiger partial charge in [0.05, 0.1) is 10.2 Å². The fourth-order valence-electron chi connectivity index (χ4n) is 3.02. The minimum atomic E-state index is -0.203. The van der Waals surface area contributed by atoms with Crippen LogP contribution in [0.4, 0.5) is 11.4 Å². The maximum absolute atomic E-state index is 13.0. The average molecular weight is 437 g/mol. The molecule has 4 aromatic rings. The van der Waals surface area contributed by atoms with Crippen molar-refractivity contribution in [2.45, 2.75) is 6.92 Å². The van der Waals surface area contributed by atoms with Crippen LogP contribution in [-0.4, -0.2) is 28.8 Å². The largest absolute Gasteiger partial charge is 0.326 e. The van der Waals surface area contributed by atoms with Crippen LogP contribution < -0.4 is 10.2 Å². The number of carbonyl (C=O) groups is 2. The highest BCUT2D eigenvalue weighted by Gasteiger charge is 2.20. The number of thiazole rings is 1. The molecule has 0 fully saturated rings. The quantitative estimate of drug-likeness (QED) is 0.474. The zero-order valence-electron chi connectivity index (χ0n) is 16.2. The molecule has 0 bridgehead atoms. The number of amides is 2. The summed E-state index contributed by atoms with van der Waals surface area (Å²) < 4.78 is 0.825. The molecular formula is C22H17ClN4O2S. The second-order valence-electron chi connectivity index (χ2n) is 6.65.